The fraction of sp³-hybridized carbons (Fsp3) is 0.231. The molecule has 2 N–H and O–H groups in total. The van der Waals surface area contributed by atoms with Crippen molar-refractivity contribution in [3.05, 3.63) is 29.8 Å². The number of methoxy groups -OCH3 is 2. The lowest BCUT2D eigenvalue weighted by Crippen LogP contribution is -2.34. The van der Waals surface area contributed by atoms with E-state index in [1.165, 1.54) is 7.11 Å². The number of rotatable bonds is 3. The van der Waals surface area contributed by atoms with Gasteiger partial charge in [0.1, 0.15) is 11.5 Å². The Kier molecular flexibility index (Phi) is 3.45. The van der Waals surface area contributed by atoms with Gasteiger partial charge in [0, 0.05) is 16.2 Å². The summed E-state index contributed by atoms with van der Waals surface area (Å²) in [6.07, 6.45) is 0. The van der Waals surface area contributed by atoms with E-state index in [9.17, 15) is 10.0 Å². The first-order valence-electron chi connectivity index (χ1n) is 5.61. The van der Waals surface area contributed by atoms with E-state index in [-0.39, 0.29) is 0 Å². The van der Waals surface area contributed by atoms with Crippen LogP contribution in [0.2, 0.25) is 0 Å². The third-order valence-electron chi connectivity index (χ3n) is 3.07. The maximum atomic E-state index is 9.52. The van der Waals surface area contributed by atoms with Crippen LogP contribution in [0, 0.1) is 6.92 Å². The van der Waals surface area contributed by atoms with Gasteiger partial charge in [-0.25, -0.2) is 0 Å². The van der Waals surface area contributed by atoms with E-state index in [0.29, 0.717) is 22.5 Å². The second-order valence-electron chi connectivity index (χ2n) is 4.02. The molecule has 94 valence electrons. The van der Waals surface area contributed by atoms with Crippen molar-refractivity contribution in [1.82, 2.24) is 0 Å². The van der Waals surface area contributed by atoms with Crippen LogP contribution in [0.5, 0.6) is 11.5 Å². The van der Waals surface area contributed by atoms with Crippen LogP contribution in [0.4, 0.5) is 0 Å². The molecule has 0 spiro atoms. The predicted octanol–water partition coefficient (Wildman–Crippen LogP) is 0.845. The summed E-state index contributed by atoms with van der Waals surface area (Å²) in [7, 11) is 1.48. The van der Waals surface area contributed by atoms with Crippen LogP contribution < -0.4 is 14.9 Å². The van der Waals surface area contributed by atoms with Gasteiger partial charge in [-0.2, -0.15) is 0 Å². The monoisotopic (exact) mass is 246 g/mol. The molecule has 0 fully saturated rings. The molecule has 2 aromatic carbocycles. The second-order valence-corrected chi connectivity index (χ2v) is 4.02. The van der Waals surface area contributed by atoms with E-state index in [1.54, 1.807) is 14.0 Å². The van der Waals surface area contributed by atoms with Gasteiger partial charge in [0.05, 0.1) is 14.2 Å². The van der Waals surface area contributed by atoms with Crippen molar-refractivity contribution in [3.8, 4) is 11.5 Å². The predicted molar refractivity (Wildman–Crippen MR) is 71.6 cm³/mol. The molecule has 18 heavy (non-hydrogen) atoms. The molecule has 0 saturated carbocycles. The molecule has 4 nitrogen and oxygen atoms in total. The highest BCUT2D eigenvalue weighted by molar-refractivity contribution is 6.61. The molecule has 0 radical (unpaired) electrons. The highest BCUT2D eigenvalue weighted by Gasteiger charge is 2.25. The molecule has 0 heterocycles. The fourth-order valence-corrected chi connectivity index (χ4v) is 2.31. The van der Waals surface area contributed by atoms with E-state index in [4.69, 9.17) is 9.47 Å². The first-order valence-corrected chi connectivity index (χ1v) is 5.61. The lowest BCUT2D eigenvalue weighted by molar-refractivity contribution is 0.399. The van der Waals surface area contributed by atoms with Crippen LogP contribution in [-0.2, 0) is 0 Å². The average molecular weight is 246 g/mol. The van der Waals surface area contributed by atoms with Gasteiger partial charge >= 0.3 is 7.12 Å². The van der Waals surface area contributed by atoms with Crippen molar-refractivity contribution in [3.63, 3.8) is 0 Å². The van der Waals surface area contributed by atoms with E-state index < -0.39 is 7.12 Å². The van der Waals surface area contributed by atoms with Crippen LogP contribution >= 0.6 is 0 Å². The fourth-order valence-electron chi connectivity index (χ4n) is 2.31. The van der Waals surface area contributed by atoms with Gasteiger partial charge in [-0.15, -0.1) is 0 Å². The zero-order valence-electron chi connectivity index (χ0n) is 10.6. The molecule has 2 aromatic rings. The maximum Gasteiger partial charge on any atom is 0.492 e. The summed E-state index contributed by atoms with van der Waals surface area (Å²) in [6, 6.07) is 7.55. The third-order valence-corrected chi connectivity index (χ3v) is 3.07. The molecule has 2 rings (SSSR count). The zero-order valence-corrected chi connectivity index (χ0v) is 10.6. The second kappa shape index (κ2) is 4.88. The van der Waals surface area contributed by atoms with Crippen molar-refractivity contribution in [2.24, 2.45) is 0 Å². The minimum atomic E-state index is -1.60. The molecule has 0 aromatic heterocycles. The normalized spacial score (nSPS) is 10.5. The Morgan fingerprint density at radius 2 is 1.44 bits per heavy atom. The number of hydrogen-bond acceptors (Lipinski definition) is 4. The van der Waals surface area contributed by atoms with Gasteiger partial charge in [-0.3, -0.25) is 0 Å². The minimum absolute atomic E-state index is 0.341. The summed E-state index contributed by atoms with van der Waals surface area (Å²) in [5, 5.41) is 20.7. The lowest BCUT2D eigenvalue weighted by Gasteiger charge is -2.18. The first kappa shape index (κ1) is 12.7. The molecule has 0 aliphatic rings. The number of benzene rings is 2. The van der Waals surface area contributed by atoms with E-state index in [0.717, 1.165) is 10.8 Å². The van der Waals surface area contributed by atoms with E-state index in [2.05, 4.69) is 0 Å². The van der Waals surface area contributed by atoms with Gasteiger partial charge in [0.2, 0.25) is 0 Å². The Morgan fingerprint density at radius 3 is 1.89 bits per heavy atom. The lowest BCUT2D eigenvalue weighted by atomic mass is 9.75. The largest absolute Gasteiger partial charge is 0.496 e. The van der Waals surface area contributed by atoms with Crippen LogP contribution in [0.25, 0.3) is 10.8 Å². The molecule has 0 unspecified atom stereocenters. The standard InChI is InChI=1S/C13H15BO4/c1-8-11(14(15)16)13(18-3)10-7-5-4-6-9(10)12(8)17-2/h4-7,15-16H,1-3H3. The van der Waals surface area contributed by atoms with Crippen LogP contribution in [0.1, 0.15) is 5.56 Å². The quantitative estimate of drug-likeness (QED) is 0.788. The molecule has 0 saturated heterocycles. The van der Waals surface area contributed by atoms with Crippen molar-refractivity contribution >= 4 is 23.4 Å². The molecule has 0 amide bonds. The number of hydrogen-bond donors (Lipinski definition) is 2. The minimum Gasteiger partial charge on any atom is -0.496 e. The van der Waals surface area contributed by atoms with Gasteiger partial charge < -0.3 is 19.5 Å². The SMILES string of the molecule is COc1c(C)c(B(O)O)c(OC)c2ccccc12. The first-order chi connectivity index (χ1) is 8.61. The van der Waals surface area contributed by atoms with Gasteiger partial charge in [0.25, 0.3) is 0 Å². The van der Waals surface area contributed by atoms with Crippen molar-refractivity contribution < 1.29 is 19.5 Å². The Bertz CT molecular complexity index is 581. The van der Waals surface area contributed by atoms with Crippen LogP contribution in [-0.4, -0.2) is 31.4 Å². The Balaban J connectivity index is 2.95. The van der Waals surface area contributed by atoms with E-state index >= 15 is 0 Å². The third kappa shape index (κ3) is 1.81. The highest BCUT2D eigenvalue weighted by atomic mass is 16.5. The van der Waals surface area contributed by atoms with Crippen LogP contribution in [0.15, 0.2) is 24.3 Å². The molecule has 0 aliphatic carbocycles. The molecule has 0 aliphatic heterocycles. The van der Waals surface area contributed by atoms with E-state index in [1.807, 2.05) is 24.3 Å². The topological polar surface area (TPSA) is 58.9 Å². The summed E-state index contributed by atoms with van der Waals surface area (Å²) < 4.78 is 10.7. The summed E-state index contributed by atoms with van der Waals surface area (Å²) in [5.41, 5.74) is 1.01. The summed E-state index contributed by atoms with van der Waals surface area (Å²) >= 11 is 0. The molecule has 0 atom stereocenters. The van der Waals surface area contributed by atoms with Gasteiger partial charge in [0.15, 0.2) is 0 Å². The van der Waals surface area contributed by atoms with Crippen molar-refractivity contribution in [2.45, 2.75) is 6.92 Å². The Morgan fingerprint density at radius 1 is 0.944 bits per heavy atom. The molecule has 0 bridgehead atoms. The van der Waals surface area contributed by atoms with Crippen molar-refractivity contribution in [1.29, 1.82) is 0 Å². The van der Waals surface area contributed by atoms with Gasteiger partial charge in [-0.1, -0.05) is 24.3 Å². The number of fused-ring (bicyclic) bond motifs is 1. The summed E-state index contributed by atoms with van der Waals surface area (Å²) in [6.45, 7) is 1.78. The van der Waals surface area contributed by atoms with Crippen molar-refractivity contribution in [2.75, 3.05) is 14.2 Å². The van der Waals surface area contributed by atoms with Gasteiger partial charge in [-0.05, 0) is 12.5 Å². The molecular formula is C13H15BO4. The smallest absolute Gasteiger partial charge is 0.492 e. The summed E-state index contributed by atoms with van der Waals surface area (Å²) in [4.78, 5) is 0. The number of ether oxygens (including phenoxy) is 2. The maximum absolute atomic E-state index is 9.52. The molecule has 5 heteroatoms. The summed E-state index contributed by atoms with van der Waals surface area (Å²) in [5.74, 6) is 1.11. The average Bonchev–Trinajstić information content (AvgIpc) is 2.36. The van der Waals surface area contributed by atoms with Crippen LogP contribution in [0.3, 0.4) is 0 Å². The molecular weight excluding hydrogens is 231 g/mol. The Hall–Kier alpha value is -1.72. The Labute approximate surface area is 106 Å². The highest BCUT2D eigenvalue weighted by Crippen LogP contribution is 2.34. The zero-order chi connectivity index (χ0) is 13.3.